The summed E-state index contributed by atoms with van der Waals surface area (Å²) in [6.45, 7) is 4.54. The van der Waals surface area contributed by atoms with Crippen LogP contribution < -0.4 is 9.47 Å². The van der Waals surface area contributed by atoms with Crippen LogP contribution in [-0.4, -0.2) is 18.5 Å². The molecule has 1 aliphatic rings. The monoisotopic (exact) mass is 284 g/mol. The maximum absolute atomic E-state index is 9.97. The second-order valence-electron chi connectivity index (χ2n) is 5.89. The molecule has 1 heterocycles. The number of rotatable bonds is 4. The fraction of sp³-hybridized carbons (Fsp3) is 0.333. The van der Waals surface area contributed by atoms with E-state index in [2.05, 4.69) is 26.0 Å². The molecule has 0 saturated heterocycles. The van der Waals surface area contributed by atoms with Gasteiger partial charge in [-0.05, 0) is 42.2 Å². The van der Waals surface area contributed by atoms with Crippen LogP contribution in [0.25, 0.3) is 0 Å². The maximum Gasteiger partial charge on any atom is 0.231 e. The van der Waals surface area contributed by atoms with Crippen molar-refractivity contribution in [3.05, 3.63) is 59.2 Å². The number of hydrogen-bond acceptors (Lipinski definition) is 3. The van der Waals surface area contributed by atoms with E-state index < -0.39 is 0 Å². The molecule has 3 nitrogen and oxygen atoms in total. The van der Waals surface area contributed by atoms with Gasteiger partial charge in [-0.15, -0.1) is 0 Å². The molecule has 0 amide bonds. The highest BCUT2D eigenvalue weighted by Gasteiger charge is 2.29. The third-order valence-electron chi connectivity index (χ3n) is 4.26. The van der Waals surface area contributed by atoms with Crippen LogP contribution in [0.4, 0.5) is 0 Å². The van der Waals surface area contributed by atoms with Crippen molar-refractivity contribution in [1.29, 1.82) is 0 Å². The maximum atomic E-state index is 9.97. The number of ether oxygens (including phenoxy) is 2. The van der Waals surface area contributed by atoms with Gasteiger partial charge in [-0.3, -0.25) is 0 Å². The first-order chi connectivity index (χ1) is 10.1. The summed E-state index contributed by atoms with van der Waals surface area (Å²) in [5.41, 5.74) is 3.23. The molecule has 0 spiro atoms. The van der Waals surface area contributed by atoms with Crippen LogP contribution in [0.5, 0.6) is 11.5 Å². The van der Waals surface area contributed by atoms with Gasteiger partial charge in [-0.25, -0.2) is 0 Å². The smallest absolute Gasteiger partial charge is 0.231 e. The van der Waals surface area contributed by atoms with Crippen molar-refractivity contribution in [2.75, 3.05) is 13.4 Å². The summed E-state index contributed by atoms with van der Waals surface area (Å²) in [6, 6.07) is 14.2. The van der Waals surface area contributed by atoms with Crippen LogP contribution >= 0.6 is 0 Å². The Hall–Kier alpha value is -2.00. The van der Waals surface area contributed by atoms with Crippen LogP contribution in [0.3, 0.4) is 0 Å². The van der Waals surface area contributed by atoms with Crippen LogP contribution in [0, 0.1) is 6.92 Å². The van der Waals surface area contributed by atoms with Crippen molar-refractivity contribution in [3.8, 4) is 11.5 Å². The predicted molar refractivity (Wildman–Crippen MR) is 81.9 cm³/mol. The summed E-state index contributed by atoms with van der Waals surface area (Å²) >= 11 is 0. The van der Waals surface area contributed by atoms with Crippen LogP contribution in [0.2, 0.25) is 0 Å². The molecule has 1 unspecified atom stereocenters. The van der Waals surface area contributed by atoms with E-state index in [9.17, 15) is 5.11 Å². The highest BCUT2D eigenvalue weighted by Crippen LogP contribution is 2.37. The van der Waals surface area contributed by atoms with E-state index in [-0.39, 0.29) is 18.8 Å². The third-order valence-corrected chi connectivity index (χ3v) is 4.26. The van der Waals surface area contributed by atoms with Crippen LogP contribution in [-0.2, 0) is 11.8 Å². The summed E-state index contributed by atoms with van der Waals surface area (Å²) in [5, 5.41) is 9.97. The van der Waals surface area contributed by atoms with Gasteiger partial charge in [0.1, 0.15) is 0 Å². The second kappa shape index (κ2) is 5.41. The molecule has 0 aliphatic carbocycles. The van der Waals surface area contributed by atoms with E-state index in [1.54, 1.807) is 0 Å². The van der Waals surface area contributed by atoms with E-state index in [0.717, 1.165) is 23.5 Å². The van der Waals surface area contributed by atoms with Gasteiger partial charge >= 0.3 is 0 Å². The van der Waals surface area contributed by atoms with Crippen molar-refractivity contribution in [1.82, 2.24) is 0 Å². The normalized spacial score (nSPS) is 15.8. The first-order valence-electron chi connectivity index (χ1n) is 7.18. The standard InChI is InChI=1S/C18H20O3/c1-13-5-3-4-6-14(13)10-18(2,11-19)15-7-8-16-17(9-15)21-12-20-16/h3-9,19H,10-12H2,1-2H3. The number of aryl methyl sites for hydroxylation is 1. The highest BCUT2D eigenvalue weighted by atomic mass is 16.7. The van der Waals surface area contributed by atoms with Crippen LogP contribution in [0.15, 0.2) is 42.5 Å². The summed E-state index contributed by atoms with van der Waals surface area (Å²) in [6.07, 6.45) is 0.788. The molecule has 2 aromatic rings. The number of fused-ring (bicyclic) bond motifs is 1. The summed E-state index contributed by atoms with van der Waals surface area (Å²) < 4.78 is 10.8. The number of aliphatic hydroxyl groups is 1. The molecule has 3 heteroatoms. The van der Waals surface area contributed by atoms with Gasteiger partial charge in [0.25, 0.3) is 0 Å². The zero-order valence-electron chi connectivity index (χ0n) is 12.4. The van der Waals surface area contributed by atoms with Crippen molar-refractivity contribution < 1.29 is 14.6 Å². The first kappa shape index (κ1) is 14.0. The number of aliphatic hydroxyl groups excluding tert-OH is 1. The Kier molecular flexibility index (Phi) is 3.60. The average molecular weight is 284 g/mol. The summed E-state index contributed by atoms with van der Waals surface area (Å²) in [4.78, 5) is 0. The molecule has 0 bridgehead atoms. The zero-order chi connectivity index (χ0) is 14.9. The Labute approximate surface area is 125 Å². The SMILES string of the molecule is Cc1ccccc1CC(C)(CO)c1ccc2c(c1)OCO2. The lowest BCUT2D eigenvalue weighted by Crippen LogP contribution is -2.29. The highest BCUT2D eigenvalue weighted by molar-refractivity contribution is 5.47. The van der Waals surface area contributed by atoms with Crippen molar-refractivity contribution in [2.24, 2.45) is 0 Å². The van der Waals surface area contributed by atoms with Crippen molar-refractivity contribution >= 4 is 0 Å². The largest absolute Gasteiger partial charge is 0.454 e. The van der Waals surface area contributed by atoms with Crippen molar-refractivity contribution in [3.63, 3.8) is 0 Å². The second-order valence-corrected chi connectivity index (χ2v) is 5.89. The Morgan fingerprint density at radius 3 is 2.62 bits per heavy atom. The van der Waals surface area contributed by atoms with Gasteiger partial charge in [0.15, 0.2) is 11.5 Å². The molecule has 1 atom stereocenters. The van der Waals surface area contributed by atoms with Gasteiger partial charge in [0.2, 0.25) is 6.79 Å². The van der Waals surface area contributed by atoms with Crippen molar-refractivity contribution in [2.45, 2.75) is 25.7 Å². The van der Waals surface area contributed by atoms with Gasteiger partial charge in [-0.2, -0.15) is 0 Å². The third kappa shape index (κ3) is 2.61. The number of benzene rings is 2. The average Bonchev–Trinajstić information content (AvgIpc) is 2.97. The lowest BCUT2D eigenvalue weighted by Gasteiger charge is -2.29. The zero-order valence-corrected chi connectivity index (χ0v) is 12.4. The molecule has 0 fully saturated rings. The Morgan fingerprint density at radius 2 is 1.86 bits per heavy atom. The molecule has 21 heavy (non-hydrogen) atoms. The van der Waals surface area contributed by atoms with E-state index >= 15 is 0 Å². The Balaban J connectivity index is 1.94. The van der Waals surface area contributed by atoms with Gasteiger partial charge in [0.05, 0.1) is 6.61 Å². The number of hydrogen-bond donors (Lipinski definition) is 1. The van der Waals surface area contributed by atoms with E-state index in [4.69, 9.17) is 9.47 Å². The molecule has 0 saturated carbocycles. The molecule has 110 valence electrons. The van der Waals surface area contributed by atoms with E-state index in [0.29, 0.717) is 0 Å². The molecule has 1 aliphatic heterocycles. The van der Waals surface area contributed by atoms with E-state index in [1.165, 1.54) is 11.1 Å². The lowest BCUT2D eigenvalue weighted by atomic mass is 9.77. The molecule has 3 rings (SSSR count). The molecular formula is C18H20O3. The summed E-state index contributed by atoms with van der Waals surface area (Å²) in [7, 11) is 0. The lowest BCUT2D eigenvalue weighted by molar-refractivity contribution is 0.173. The molecule has 2 aromatic carbocycles. The molecule has 1 N–H and O–H groups in total. The minimum atomic E-state index is -0.340. The van der Waals surface area contributed by atoms with Gasteiger partial charge in [-0.1, -0.05) is 37.3 Å². The topological polar surface area (TPSA) is 38.7 Å². The minimum absolute atomic E-state index is 0.0843. The van der Waals surface area contributed by atoms with Gasteiger partial charge < -0.3 is 14.6 Å². The first-order valence-corrected chi connectivity index (χ1v) is 7.18. The fourth-order valence-corrected chi connectivity index (χ4v) is 2.75. The minimum Gasteiger partial charge on any atom is -0.454 e. The van der Waals surface area contributed by atoms with Gasteiger partial charge in [0, 0.05) is 5.41 Å². The molecular weight excluding hydrogens is 264 g/mol. The Morgan fingerprint density at radius 1 is 1.10 bits per heavy atom. The quantitative estimate of drug-likeness (QED) is 0.937. The molecule has 0 aromatic heterocycles. The Bertz CT molecular complexity index is 651. The predicted octanol–water partition coefficient (Wildman–Crippen LogP) is 3.22. The summed E-state index contributed by atoms with van der Waals surface area (Å²) in [5.74, 6) is 1.53. The molecule has 0 radical (unpaired) electrons. The fourth-order valence-electron chi connectivity index (χ4n) is 2.75. The van der Waals surface area contributed by atoms with E-state index in [1.807, 2.05) is 30.3 Å². The van der Waals surface area contributed by atoms with Crippen LogP contribution in [0.1, 0.15) is 23.6 Å².